The summed E-state index contributed by atoms with van der Waals surface area (Å²) in [7, 11) is 5.72. The molecular formula is C34H43N7O4. The van der Waals surface area contributed by atoms with E-state index < -0.39 is 11.7 Å². The lowest BCUT2D eigenvalue weighted by Crippen LogP contribution is -2.45. The van der Waals surface area contributed by atoms with Crippen LogP contribution in [0.25, 0.3) is 0 Å². The molecule has 2 amide bonds. The van der Waals surface area contributed by atoms with Crippen molar-refractivity contribution in [1.29, 1.82) is 5.26 Å². The number of pyridine rings is 1. The summed E-state index contributed by atoms with van der Waals surface area (Å²) in [5, 5.41) is 9.51. The third-order valence-corrected chi connectivity index (χ3v) is 8.33. The van der Waals surface area contributed by atoms with Gasteiger partial charge in [-0.25, -0.2) is 9.78 Å². The Kier molecular flexibility index (Phi) is 8.64. The zero-order valence-corrected chi connectivity index (χ0v) is 27.5. The van der Waals surface area contributed by atoms with Gasteiger partial charge in [0.05, 0.1) is 24.9 Å². The van der Waals surface area contributed by atoms with E-state index in [4.69, 9.17) is 9.47 Å². The minimum atomic E-state index is -0.637. The Labute approximate surface area is 265 Å². The molecule has 1 spiro atoms. The number of rotatable bonds is 9. The molecule has 0 radical (unpaired) electrons. The lowest BCUT2D eigenvalue weighted by molar-refractivity contribution is 0.0585. The van der Waals surface area contributed by atoms with Crippen LogP contribution in [-0.4, -0.2) is 76.2 Å². The highest BCUT2D eigenvalue weighted by molar-refractivity contribution is 5.99. The maximum absolute atomic E-state index is 14.4. The van der Waals surface area contributed by atoms with E-state index in [9.17, 15) is 14.9 Å². The Hall–Kier alpha value is -4.43. The van der Waals surface area contributed by atoms with Gasteiger partial charge in [-0.05, 0) is 84.3 Å². The summed E-state index contributed by atoms with van der Waals surface area (Å²) in [5.41, 5.74) is 4.25. The van der Waals surface area contributed by atoms with Crippen molar-refractivity contribution >= 4 is 17.9 Å². The first kappa shape index (κ1) is 32.0. The second kappa shape index (κ2) is 12.2. The molecule has 0 bridgehead atoms. The molecule has 2 aliphatic rings. The molecule has 3 aromatic rings. The summed E-state index contributed by atoms with van der Waals surface area (Å²) in [4.78, 5) is 41.7. The first-order valence-electron chi connectivity index (χ1n) is 15.4. The molecular weight excluding hydrogens is 570 g/mol. The third-order valence-electron chi connectivity index (χ3n) is 8.33. The molecule has 3 heterocycles. The molecule has 45 heavy (non-hydrogen) atoms. The van der Waals surface area contributed by atoms with Crippen LogP contribution in [0, 0.1) is 11.3 Å². The summed E-state index contributed by atoms with van der Waals surface area (Å²) >= 11 is 0. The predicted molar refractivity (Wildman–Crippen MR) is 170 cm³/mol. The average molecular weight is 614 g/mol. The molecule has 11 nitrogen and oxygen atoms in total. The molecule has 238 valence electrons. The number of hydrogen-bond acceptors (Lipinski definition) is 8. The van der Waals surface area contributed by atoms with Crippen LogP contribution < -0.4 is 9.64 Å². The van der Waals surface area contributed by atoms with Gasteiger partial charge in [0.2, 0.25) is 5.95 Å². The van der Waals surface area contributed by atoms with E-state index in [1.807, 2.05) is 70.4 Å². The number of hydrogen-bond donors (Lipinski definition) is 0. The van der Waals surface area contributed by atoms with Crippen LogP contribution in [-0.2, 0) is 23.2 Å². The van der Waals surface area contributed by atoms with Crippen LogP contribution in [0.2, 0.25) is 0 Å². The minimum absolute atomic E-state index is 0.0438. The highest BCUT2D eigenvalue weighted by Gasteiger charge is 2.53. The van der Waals surface area contributed by atoms with Crippen molar-refractivity contribution in [3.63, 3.8) is 0 Å². The number of ether oxygens (including phenoxy) is 2. The molecule has 1 fully saturated rings. The van der Waals surface area contributed by atoms with Gasteiger partial charge in [-0.1, -0.05) is 6.07 Å². The van der Waals surface area contributed by atoms with Gasteiger partial charge >= 0.3 is 6.09 Å². The van der Waals surface area contributed by atoms with Crippen molar-refractivity contribution in [2.45, 2.75) is 77.6 Å². The number of benzene rings is 1. The largest absolute Gasteiger partial charge is 0.492 e. The summed E-state index contributed by atoms with van der Waals surface area (Å²) in [6.45, 7) is 11.5. The topological polar surface area (TPSA) is 117 Å². The van der Waals surface area contributed by atoms with E-state index in [1.54, 1.807) is 19.3 Å². The van der Waals surface area contributed by atoms with E-state index in [-0.39, 0.29) is 17.4 Å². The molecule has 1 aliphatic heterocycles. The Morgan fingerprint density at radius 3 is 2.53 bits per heavy atom. The van der Waals surface area contributed by atoms with Crippen LogP contribution in [0.3, 0.4) is 0 Å². The van der Waals surface area contributed by atoms with Crippen LogP contribution >= 0.6 is 0 Å². The lowest BCUT2D eigenvalue weighted by atomic mass is 9.81. The molecule has 1 saturated carbocycles. The van der Waals surface area contributed by atoms with Gasteiger partial charge in [0, 0.05) is 55.8 Å². The van der Waals surface area contributed by atoms with Crippen LogP contribution in [0.1, 0.15) is 91.8 Å². The van der Waals surface area contributed by atoms with Crippen molar-refractivity contribution < 1.29 is 19.1 Å². The second-order valence-electron chi connectivity index (χ2n) is 13.3. The fourth-order valence-electron chi connectivity index (χ4n) is 6.16. The molecule has 1 aromatic carbocycles. The highest BCUT2D eigenvalue weighted by Crippen LogP contribution is 2.55. The van der Waals surface area contributed by atoms with E-state index in [1.165, 1.54) is 11.1 Å². The van der Waals surface area contributed by atoms with E-state index in [0.717, 1.165) is 29.5 Å². The van der Waals surface area contributed by atoms with E-state index in [2.05, 4.69) is 27.0 Å². The number of carbonyl (C=O) groups is 2. The lowest BCUT2D eigenvalue weighted by Gasteiger charge is -2.40. The fraction of sp³-hybridized carbons (Fsp3) is 0.500. The Morgan fingerprint density at radius 1 is 1.18 bits per heavy atom. The summed E-state index contributed by atoms with van der Waals surface area (Å²) in [6.07, 6.45) is 6.53. The number of nitriles is 1. The smallest absolute Gasteiger partial charge is 0.416 e. The number of amides is 2. The summed E-state index contributed by atoms with van der Waals surface area (Å²) in [5.74, 6) is 0.886. The van der Waals surface area contributed by atoms with Gasteiger partial charge in [0.1, 0.15) is 23.0 Å². The van der Waals surface area contributed by atoms with Crippen molar-refractivity contribution in [2.75, 3.05) is 39.2 Å². The monoisotopic (exact) mass is 613 g/mol. The van der Waals surface area contributed by atoms with Crippen molar-refractivity contribution in [3.8, 4) is 11.8 Å². The van der Waals surface area contributed by atoms with Gasteiger partial charge < -0.3 is 23.8 Å². The van der Waals surface area contributed by atoms with Crippen molar-refractivity contribution in [1.82, 2.24) is 24.3 Å². The first-order chi connectivity index (χ1) is 21.3. The van der Waals surface area contributed by atoms with Crippen LogP contribution in [0.15, 0.2) is 36.8 Å². The van der Waals surface area contributed by atoms with Crippen molar-refractivity contribution in [3.05, 3.63) is 70.3 Å². The molecule has 1 unspecified atom stereocenters. The van der Waals surface area contributed by atoms with Crippen LogP contribution in [0.5, 0.6) is 5.75 Å². The minimum Gasteiger partial charge on any atom is -0.492 e. The number of fused-ring (bicyclic) bond motifs is 2. The molecule has 0 N–H and O–H groups in total. The number of imidazole rings is 1. The predicted octanol–water partition coefficient (Wildman–Crippen LogP) is 5.28. The Balaban J connectivity index is 1.52. The molecule has 0 saturated heterocycles. The highest BCUT2D eigenvalue weighted by atomic mass is 16.6. The Morgan fingerprint density at radius 2 is 1.91 bits per heavy atom. The van der Waals surface area contributed by atoms with Crippen molar-refractivity contribution in [2.24, 2.45) is 0 Å². The maximum Gasteiger partial charge on any atom is 0.416 e. The Bertz CT molecular complexity index is 1640. The molecule has 2 aromatic heterocycles. The van der Waals surface area contributed by atoms with Gasteiger partial charge in [-0.3, -0.25) is 14.7 Å². The standard InChI is InChI=1S/C34H43N7O4/c1-9-44-28-16-27(37-18-25(28)17-35)22(2)41-21-34(10-11-34)29-24(20-38(6)7)14-23(15-26(29)30(41)42)19-40-13-12-36-31(40)39(8)32(43)45-33(3,4)5/h12-16,18,22H,9-11,19-21H2,1-8H3. The van der Waals surface area contributed by atoms with Gasteiger partial charge in [-0.2, -0.15) is 5.26 Å². The zero-order chi connectivity index (χ0) is 32.7. The van der Waals surface area contributed by atoms with Gasteiger partial charge in [0.15, 0.2) is 0 Å². The summed E-state index contributed by atoms with van der Waals surface area (Å²) in [6, 6.07) is 7.80. The zero-order valence-electron chi connectivity index (χ0n) is 27.5. The number of aromatic nitrogens is 3. The molecule has 1 atom stereocenters. The number of carbonyl (C=O) groups excluding carboxylic acids is 2. The number of nitrogens with zero attached hydrogens (tertiary/aromatic N) is 7. The van der Waals surface area contributed by atoms with Crippen LogP contribution in [0.4, 0.5) is 10.7 Å². The summed E-state index contributed by atoms with van der Waals surface area (Å²) < 4.78 is 13.2. The average Bonchev–Trinajstić information content (AvgIpc) is 3.59. The SMILES string of the molecule is CCOc1cc(C(C)N2CC3(CC3)c3c(CN(C)C)cc(Cn4ccnc4N(C)C(=O)OC(C)(C)C)cc3C2=O)ncc1C#N. The second-order valence-corrected chi connectivity index (χ2v) is 13.3. The van der Waals surface area contributed by atoms with Gasteiger partial charge in [0.25, 0.3) is 5.91 Å². The third kappa shape index (κ3) is 6.52. The molecule has 5 rings (SSSR count). The van der Waals surface area contributed by atoms with Gasteiger partial charge in [-0.15, -0.1) is 0 Å². The molecule has 1 aliphatic carbocycles. The van der Waals surface area contributed by atoms with E-state index >= 15 is 0 Å². The quantitative estimate of drug-likeness (QED) is 0.320. The van der Waals surface area contributed by atoms with E-state index in [0.29, 0.717) is 54.8 Å². The first-order valence-corrected chi connectivity index (χ1v) is 15.4. The number of anilines is 1. The molecule has 11 heteroatoms. The normalized spacial score (nSPS) is 15.9. The maximum atomic E-state index is 14.4. The fourth-order valence-corrected chi connectivity index (χ4v) is 6.16.